The Morgan fingerprint density at radius 2 is 2.05 bits per heavy atom. The lowest BCUT2D eigenvalue weighted by Crippen LogP contribution is -2.13. The summed E-state index contributed by atoms with van der Waals surface area (Å²) in [4.78, 5) is 0. The van der Waals surface area contributed by atoms with Gasteiger partial charge in [-0.25, -0.2) is 4.39 Å². The number of benzene rings is 2. The van der Waals surface area contributed by atoms with Crippen molar-refractivity contribution in [1.29, 1.82) is 0 Å². The number of hydrogen-bond acceptors (Lipinski definition) is 3. The second-order valence-corrected chi connectivity index (χ2v) is 5.05. The molecule has 0 aromatic heterocycles. The molecule has 2 aromatic carbocycles. The van der Waals surface area contributed by atoms with Crippen LogP contribution in [0, 0.1) is 5.82 Å². The van der Waals surface area contributed by atoms with E-state index in [4.69, 9.17) is 9.47 Å². The number of methoxy groups -OCH3 is 1. The van der Waals surface area contributed by atoms with Gasteiger partial charge in [0, 0.05) is 5.56 Å². The first-order valence-corrected chi connectivity index (χ1v) is 6.97. The van der Waals surface area contributed by atoms with Crippen LogP contribution in [0.25, 0.3) is 0 Å². The van der Waals surface area contributed by atoms with Gasteiger partial charge >= 0.3 is 0 Å². The summed E-state index contributed by atoms with van der Waals surface area (Å²) in [5.41, 5.74) is 1.77. The number of aliphatic hydroxyl groups excluding tert-OH is 1. The van der Waals surface area contributed by atoms with Gasteiger partial charge in [0.05, 0.1) is 19.3 Å². The highest BCUT2D eigenvalue weighted by Gasteiger charge is 2.25. The highest BCUT2D eigenvalue weighted by Crippen LogP contribution is 2.39. The second kappa shape index (κ2) is 5.74. The van der Waals surface area contributed by atoms with Gasteiger partial charge in [-0.3, -0.25) is 0 Å². The molecule has 3 nitrogen and oxygen atoms in total. The van der Waals surface area contributed by atoms with Crippen LogP contribution in [0.2, 0.25) is 0 Å². The SMILES string of the molecule is COc1cccc(F)c1C(O)c1cccc2c1OCCC2. The van der Waals surface area contributed by atoms with E-state index in [0.29, 0.717) is 23.7 Å². The molecule has 3 rings (SSSR count). The summed E-state index contributed by atoms with van der Waals surface area (Å²) in [5, 5.41) is 10.6. The van der Waals surface area contributed by atoms with E-state index in [1.807, 2.05) is 12.1 Å². The van der Waals surface area contributed by atoms with Crippen LogP contribution in [0.5, 0.6) is 11.5 Å². The lowest BCUT2D eigenvalue weighted by atomic mass is 9.95. The largest absolute Gasteiger partial charge is 0.496 e. The Hall–Kier alpha value is -2.07. The molecule has 0 fully saturated rings. The van der Waals surface area contributed by atoms with Crippen LogP contribution >= 0.6 is 0 Å². The molecule has 1 aliphatic rings. The van der Waals surface area contributed by atoms with Crippen molar-refractivity contribution < 1.29 is 19.0 Å². The molecular weight excluding hydrogens is 271 g/mol. The fourth-order valence-corrected chi connectivity index (χ4v) is 2.75. The van der Waals surface area contributed by atoms with E-state index in [-0.39, 0.29) is 5.56 Å². The van der Waals surface area contributed by atoms with E-state index in [9.17, 15) is 9.50 Å². The summed E-state index contributed by atoms with van der Waals surface area (Å²) in [6, 6.07) is 10.1. The van der Waals surface area contributed by atoms with Gasteiger partial charge in [-0.1, -0.05) is 24.3 Å². The van der Waals surface area contributed by atoms with Crippen LogP contribution in [0.3, 0.4) is 0 Å². The van der Waals surface area contributed by atoms with Gasteiger partial charge in [0.2, 0.25) is 0 Å². The fraction of sp³-hybridized carbons (Fsp3) is 0.294. The van der Waals surface area contributed by atoms with E-state index in [0.717, 1.165) is 18.4 Å². The average Bonchev–Trinajstić information content (AvgIpc) is 2.53. The van der Waals surface area contributed by atoms with Gasteiger partial charge in [0.15, 0.2) is 0 Å². The maximum absolute atomic E-state index is 14.1. The quantitative estimate of drug-likeness (QED) is 0.942. The Kier molecular flexibility index (Phi) is 3.80. The minimum atomic E-state index is -1.12. The summed E-state index contributed by atoms with van der Waals surface area (Å²) in [6.45, 7) is 0.616. The van der Waals surface area contributed by atoms with Gasteiger partial charge in [-0.05, 0) is 30.5 Å². The number of halogens is 1. The molecule has 0 spiro atoms. The zero-order valence-electron chi connectivity index (χ0n) is 11.8. The first-order valence-electron chi connectivity index (χ1n) is 6.97. The molecule has 0 bridgehead atoms. The molecule has 110 valence electrons. The van der Waals surface area contributed by atoms with Crippen LogP contribution in [-0.4, -0.2) is 18.8 Å². The van der Waals surface area contributed by atoms with Crippen molar-refractivity contribution in [3.05, 3.63) is 58.9 Å². The monoisotopic (exact) mass is 288 g/mol. The lowest BCUT2D eigenvalue weighted by molar-refractivity contribution is 0.197. The predicted molar refractivity (Wildman–Crippen MR) is 77.3 cm³/mol. The number of hydrogen-bond donors (Lipinski definition) is 1. The lowest BCUT2D eigenvalue weighted by Gasteiger charge is -2.23. The third-order valence-corrected chi connectivity index (χ3v) is 3.76. The number of rotatable bonds is 3. The van der Waals surface area contributed by atoms with Crippen molar-refractivity contribution in [1.82, 2.24) is 0 Å². The van der Waals surface area contributed by atoms with E-state index >= 15 is 0 Å². The Balaban J connectivity index is 2.09. The fourth-order valence-electron chi connectivity index (χ4n) is 2.75. The van der Waals surface area contributed by atoms with Crippen molar-refractivity contribution in [2.24, 2.45) is 0 Å². The molecule has 1 unspecified atom stereocenters. The Bertz CT molecular complexity index is 654. The van der Waals surface area contributed by atoms with Crippen molar-refractivity contribution in [3.8, 4) is 11.5 Å². The highest BCUT2D eigenvalue weighted by atomic mass is 19.1. The minimum absolute atomic E-state index is 0.141. The molecule has 1 heterocycles. The second-order valence-electron chi connectivity index (χ2n) is 5.05. The number of fused-ring (bicyclic) bond motifs is 1. The number of aryl methyl sites for hydroxylation is 1. The molecule has 0 aliphatic carbocycles. The third kappa shape index (κ3) is 2.47. The van der Waals surface area contributed by atoms with Crippen LogP contribution < -0.4 is 9.47 Å². The maximum atomic E-state index is 14.1. The van der Waals surface area contributed by atoms with Gasteiger partial charge in [0.25, 0.3) is 0 Å². The number of para-hydroxylation sites is 1. The van der Waals surface area contributed by atoms with Crippen LogP contribution in [0.4, 0.5) is 4.39 Å². The zero-order chi connectivity index (χ0) is 14.8. The van der Waals surface area contributed by atoms with Crippen LogP contribution in [0.1, 0.15) is 29.2 Å². The first kappa shape index (κ1) is 13.9. The smallest absolute Gasteiger partial charge is 0.133 e. The Morgan fingerprint density at radius 3 is 2.86 bits per heavy atom. The van der Waals surface area contributed by atoms with Gasteiger partial charge in [-0.15, -0.1) is 0 Å². The number of ether oxygens (including phenoxy) is 2. The molecule has 0 saturated carbocycles. The van der Waals surface area contributed by atoms with Crippen molar-refractivity contribution in [2.45, 2.75) is 18.9 Å². The highest BCUT2D eigenvalue weighted by molar-refractivity contribution is 5.49. The van der Waals surface area contributed by atoms with Gasteiger partial charge < -0.3 is 14.6 Å². The molecule has 0 amide bonds. The topological polar surface area (TPSA) is 38.7 Å². The molecule has 1 atom stereocenters. The summed E-state index contributed by atoms with van der Waals surface area (Å²) < 4.78 is 25.0. The molecule has 1 N–H and O–H groups in total. The molecule has 1 aliphatic heterocycles. The summed E-state index contributed by atoms with van der Waals surface area (Å²) in [6.07, 6.45) is 0.744. The molecule has 4 heteroatoms. The van der Waals surface area contributed by atoms with E-state index < -0.39 is 11.9 Å². The summed E-state index contributed by atoms with van der Waals surface area (Å²) in [7, 11) is 1.46. The minimum Gasteiger partial charge on any atom is -0.496 e. The average molecular weight is 288 g/mol. The molecule has 21 heavy (non-hydrogen) atoms. The van der Waals surface area contributed by atoms with Crippen molar-refractivity contribution in [3.63, 3.8) is 0 Å². The molecule has 0 radical (unpaired) electrons. The van der Waals surface area contributed by atoms with Gasteiger partial charge in [-0.2, -0.15) is 0 Å². The van der Waals surface area contributed by atoms with E-state index in [1.54, 1.807) is 18.2 Å². The molecule has 2 aromatic rings. The molecular formula is C17H17FO3. The first-order chi connectivity index (χ1) is 10.2. The maximum Gasteiger partial charge on any atom is 0.133 e. The van der Waals surface area contributed by atoms with Crippen molar-refractivity contribution in [2.75, 3.05) is 13.7 Å². The molecule has 0 saturated heterocycles. The summed E-state index contributed by atoms with van der Waals surface area (Å²) in [5.74, 6) is 0.507. The normalized spacial score (nSPS) is 15.0. The van der Waals surface area contributed by atoms with Crippen molar-refractivity contribution >= 4 is 0 Å². The Morgan fingerprint density at radius 1 is 1.24 bits per heavy atom. The zero-order valence-corrected chi connectivity index (χ0v) is 11.8. The number of aliphatic hydroxyl groups is 1. The van der Waals surface area contributed by atoms with Gasteiger partial charge in [0.1, 0.15) is 23.4 Å². The van der Waals surface area contributed by atoms with Crippen LogP contribution in [0.15, 0.2) is 36.4 Å². The summed E-state index contributed by atoms with van der Waals surface area (Å²) >= 11 is 0. The van der Waals surface area contributed by atoms with E-state index in [1.165, 1.54) is 13.2 Å². The predicted octanol–water partition coefficient (Wildman–Crippen LogP) is 3.24. The third-order valence-electron chi connectivity index (χ3n) is 3.76. The Labute approximate surface area is 122 Å². The van der Waals surface area contributed by atoms with E-state index in [2.05, 4.69) is 0 Å². The van der Waals surface area contributed by atoms with Crippen LogP contribution in [-0.2, 0) is 6.42 Å². The standard InChI is InChI=1S/C17H17FO3/c1-20-14-9-3-8-13(18)15(14)16(19)12-7-2-5-11-6-4-10-21-17(11)12/h2-3,5,7-9,16,19H,4,6,10H2,1H3.